The van der Waals surface area contributed by atoms with Crippen molar-refractivity contribution in [2.75, 3.05) is 6.61 Å². The number of nitrogens with zero attached hydrogens (tertiary/aromatic N) is 1. The first kappa shape index (κ1) is 14.3. The maximum atomic E-state index is 14.1. The number of hydrogen-bond donors (Lipinski definition) is 1. The van der Waals surface area contributed by atoms with Gasteiger partial charge in [-0.05, 0) is 37.7 Å². The topological polar surface area (TPSA) is 34.1 Å². The molecule has 1 aromatic heterocycles. The molecule has 1 N–H and O–H groups in total. The van der Waals surface area contributed by atoms with Gasteiger partial charge >= 0.3 is 0 Å². The molecule has 1 aromatic rings. The lowest BCUT2D eigenvalue weighted by atomic mass is 10.1. The van der Waals surface area contributed by atoms with Crippen molar-refractivity contribution in [1.82, 2.24) is 10.3 Å². The van der Waals surface area contributed by atoms with Crippen LogP contribution < -0.4 is 10.1 Å². The van der Waals surface area contributed by atoms with Gasteiger partial charge in [0.15, 0.2) is 5.82 Å². The monoisotopic (exact) mass is 266 g/mol. The molecule has 0 unspecified atom stereocenters. The zero-order valence-electron chi connectivity index (χ0n) is 11.8. The van der Waals surface area contributed by atoms with Gasteiger partial charge in [0.2, 0.25) is 0 Å². The third-order valence-corrected chi connectivity index (χ3v) is 3.26. The van der Waals surface area contributed by atoms with Crippen molar-refractivity contribution in [1.29, 1.82) is 0 Å². The first-order valence-corrected chi connectivity index (χ1v) is 7.16. The van der Waals surface area contributed by atoms with E-state index in [1.807, 2.05) is 0 Å². The van der Waals surface area contributed by atoms with Crippen LogP contribution in [0.15, 0.2) is 12.3 Å². The molecule has 19 heavy (non-hydrogen) atoms. The molecule has 0 radical (unpaired) electrons. The summed E-state index contributed by atoms with van der Waals surface area (Å²) in [4.78, 5) is 3.97. The van der Waals surface area contributed by atoms with Gasteiger partial charge in [0.1, 0.15) is 0 Å². The highest BCUT2D eigenvalue weighted by Crippen LogP contribution is 2.22. The zero-order chi connectivity index (χ0) is 13.7. The standard InChI is InChI=1S/C15H23FN2O/c1-11(2)4-3-9-19-15-14(16)12(7-8-17-15)10-18-13-5-6-13/h7-8,11,13,18H,3-6,9-10H2,1-2H3. The van der Waals surface area contributed by atoms with Crippen molar-refractivity contribution >= 4 is 0 Å². The maximum Gasteiger partial charge on any atom is 0.250 e. The molecule has 0 aromatic carbocycles. The van der Waals surface area contributed by atoms with Crippen LogP contribution in [-0.4, -0.2) is 17.6 Å². The van der Waals surface area contributed by atoms with E-state index in [1.165, 1.54) is 12.8 Å². The number of nitrogens with one attached hydrogen (secondary N) is 1. The highest BCUT2D eigenvalue weighted by atomic mass is 19.1. The maximum absolute atomic E-state index is 14.1. The highest BCUT2D eigenvalue weighted by molar-refractivity contribution is 5.23. The van der Waals surface area contributed by atoms with Crippen LogP contribution in [0.1, 0.15) is 45.1 Å². The third kappa shape index (κ3) is 4.78. The van der Waals surface area contributed by atoms with Gasteiger partial charge in [0.05, 0.1) is 6.61 Å². The molecular formula is C15H23FN2O. The van der Waals surface area contributed by atoms with E-state index < -0.39 is 0 Å². The average Bonchev–Trinajstić information content (AvgIpc) is 3.18. The van der Waals surface area contributed by atoms with Crippen LogP contribution in [0.4, 0.5) is 4.39 Å². The quantitative estimate of drug-likeness (QED) is 0.733. The highest BCUT2D eigenvalue weighted by Gasteiger charge is 2.21. The second-order valence-corrected chi connectivity index (χ2v) is 5.63. The molecule has 4 heteroatoms. The van der Waals surface area contributed by atoms with Crippen LogP contribution in [0.3, 0.4) is 0 Å². The largest absolute Gasteiger partial charge is 0.476 e. The second kappa shape index (κ2) is 6.85. The molecule has 1 heterocycles. The molecule has 1 fully saturated rings. The summed E-state index contributed by atoms with van der Waals surface area (Å²) in [5, 5.41) is 3.30. The molecule has 1 aliphatic carbocycles. The van der Waals surface area contributed by atoms with E-state index in [4.69, 9.17) is 4.74 Å². The summed E-state index contributed by atoms with van der Waals surface area (Å²) >= 11 is 0. The number of halogens is 1. The summed E-state index contributed by atoms with van der Waals surface area (Å²) in [5.41, 5.74) is 0.640. The first-order chi connectivity index (χ1) is 9.16. The Morgan fingerprint density at radius 3 is 2.95 bits per heavy atom. The van der Waals surface area contributed by atoms with Crippen molar-refractivity contribution in [3.05, 3.63) is 23.6 Å². The molecule has 2 rings (SSSR count). The summed E-state index contributed by atoms with van der Waals surface area (Å²) in [5.74, 6) is 0.467. The SMILES string of the molecule is CC(C)CCCOc1nccc(CNC2CC2)c1F. The average molecular weight is 266 g/mol. The van der Waals surface area contributed by atoms with E-state index in [9.17, 15) is 4.39 Å². The van der Waals surface area contributed by atoms with Crippen LogP contribution in [-0.2, 0) is 6.54 Å². The Balaban J connectivity index is 1.83. The zero-order valence-corrected chi connectivity index (χ0v) is 11.8. The Morgan fingerprint density at radius 1 is 1.47 bits per heavy atom. The van der Waals surface area contributed by atoms with E-state index in [0.29, 0.717) is 30.7 Å². The molecule has 1 aliphatic rings. The van der Waals surface area contributed by atoms with E-state index in [2.05, 4.69) is 24.1 Å². The van der Waals surface area contributed by atoms with Crippen LogP contribution in [0.25, 0.3) is 0 Å². The Morgan fingerprint density at radius 2 is 2.26 bits per heavy atom. The molecule has 0 amide bonds. The molecule has 0 saturated heterocycles. The molecule has 0 atom stereocenters. The molecule has 3 nitrogen and oxygen atoms in total. The fraction of sp³-hybridized carbons (Fsp3) is 0.667. The van der Waals surface area contributed by atoms with Crippen molar-refractivity contribution in [3.8, 4) is 5.88 Å². The van der Waals surface area contributed by atoms with Crippen LogP contribution in [0.2, 0.25) is 0 Å². The molecule has 0 bridgehead atoms. The third-order valence-electron chi connectivity index (χ3n) is 3.26. The normalized spacial score (nSPS) is 14.9. The van der Waals surface area contributed by atoms with Crippen LogP contribution in [0.5, 0.6) is 5.88 Å². The minimum Gasteiger partial charge on any atom is -0.476 e. The summed E-state index contributed by atoms with van der Waals surface area (Å²) in [6.45, 7) is 5.43. The summed E-state index contributed by atoms with van der Waals surface area (Å²) in [6, 6.07) is 2.29. The molecule has 0 aliphatic heterocycles. The fourth-order valence-electron chi connectivity index (χ4n) is 1.90. The van der Waals surface area contributed by atoms with Crippen LogP contribution >= 0.6 is 0 Å². The van der Waals surface area contributed by atoms with Gasteiger partial charge < -0.3 is 10.1 Å². The van der Waals surface area contributed by atoms with Gasteiger partial charge in [-0.25, -0.2) is 9.37 Å². The Labute approximate surface area is 114 Å². The van der Waals surface area contributed by atoms with Crippen molar-refractivity contribution in [2.45, 2.75) is 52.1 Å². The van der Waals surface area contributed by atoms with E-state index >= 15 is 0 Å². The van der Waals surface area contributed by atoms with Crippen LogP contribution in [0, 0.1) is 11.7 Å². The van der Waals surface area contributed by atoms with Gasteiger partial charge in [0.25, 0.3) is 5.88 Å². The lowest BCUT2D eigenvalue weighted by Crippen LogP contribution is -2.17. The van der Waals surface area contributed by atoms with E-state index in [0.717, 1.165) is 12.8 Å². The number of ether oxygens (including phenoxy) is 1. The van der Waals surface area contributed by atoms with E-state index in [-0.39, 0.29) is 11.7 Å². The Bertz CT molecular complexity index is 405. The minimum atomic E-state index is -0.319. The number of aromatic nitrogens is 1. The fourth-order valence-corrected chi connectivity index (χ4v) is 1.90. The molecule has 0 spiro atoms. The summed E-state index contributed by atoms with van der Waals surface area (Å²) in [6.07, 6.45) is 6.04. The summed E-state index contributed by atoms with van der Waals surface area (Å²) in [7, 11) is 0. The van der Waals surface area contributed by atoms with Gasteiger partial charge in [-0.2, -0.15) is 0 Å². The smallest absolute Gasteiger partial charge is 0.250 e. The second-order valence-electron chi connectivity index (χ2n) is 5.63. The van der Waals surface area contributed by atoms with Crippen molar-refractivity contribution in [2.24, 2.45) is 5.92 Å². The Hall–Kier alpha value is -1.16. The van der Waals surface area contributed by atoms with Gasteiger partial charge in [-0.15, -0.1) is 0 Å². The van der Waals surface area contributed by atoms with Gasteiger partial charge in [-0.1, -0.05) is 13.8 Å². The van der Waals surface area contributed by atoms with E-state index in [1.54, 1.807) is 12.3 Å². The van der Waals surface area contributed by atoms with Crippen molar-refractivity contribution in [3.63, 3.8) is 0 Å². The Kier molecular flexibility index (Phi) is 5.14. The number of pyridine rings is 1. The molecular weight excluding hydrogens is 243 g/mol. The number of hydrogen-bond acceptors (Lipinski definition) is 3. The predicted molar refractivity (Wildman–Crippen MR) is 73.6 cm³/mol. The summed E-state index contributed by atoms with van der Waals surface area (Å²) < 4.78 is 19.5. The van der Waals surface area contributed by atoms with Gasteiger partial charge in [-0.3, -0.25) is 0 Å². The molecule has 106 valence electrons. The lowest BCUT2D eigenvalue weighted by Gasteiger charge is -2.10. The lowest BCUT2D eigenvalue weighted by molar-refractivity contribution is 0.271. The number of rotatable bonds is 8. The van der Waals surface area contributed by atoms with Gasteiger partial charge in [0, 0.05) is 24.3 Å². The molecule has 1 saturated carbocycles. The predicted octanol–water partition coefficient (Wildman–Crippen LogP) is 3.29. The first-order valence-electron chi connectivity index (χ1n) is 7.16. The van der Waals surface area contributed by atoms with Crippen molar-refractivity contribution < 1.29 is 9.13 Å². The minimum absolute atomic E-state index is 0.138.